The third-order valence-corrected chi connectivity index (χ3v) is 4.13. The van der Waals surface area contributed by atoms with Crippen LogP contribution in [0.4, 0.5) is 0 Å². The molecular formula is C13H26N2O2. The number of hydrogen-bond acceptors (Lipinski definition) is 4. The Morgan fingerprint density at radius 2 is 2.29 bits per heavy atom. The number of likely N-dealkylation sites (tertiary alicyclic amines) is 1. The van der Waals surface area contributed by atoms with Crippen LogP contribution < -0.4 is 5.32 Å². The highest BCUT2D eigenvalue weighted by Crippen LogP contribution is 2.19. The van der Waals surface area contributed by atoms with Crippen LogP contribution in [0.5, 0.6) is 0 Å². The number of methoxy groups -OCH3 is 1. The first-order valence-corrected chi connectivity index (χ1v) is 6.83. The number of rotatable bonds is 4. The van der Waals surface area contributed by atoms with E-state index in [4.69, 9.17) is 9.47 Å². The van der Waals surface area contributed by atoms with Gasteiger partial charge in [0.15, 0.2) is 0 Å². The van der Waals surface area contributed by atoms with E-state index < -0.39 is 0 Å². The van der Waals surface area contributed by atoms with Crippen molar-refractivity contribution in [3.05, 3.63) is 0 Å². The Balaban J connectivity index is 1.81. The maximum atomic E-state index is 5.61. The average molecular weight is 242 g/mol. The summed E-state index contributed by atoms with van der Waals surface area (Å²) in [7, 11) is 3.89. The Bertz CT molecular complexity index is 225. The van der Waals surface area contributed by atoms with Crippen LogP contribution in [0.3, 0.4) is 0 Å². The van der Waals surface area contributed by atoms with Gasteiger partial charge in [0.05, 0.1) is 12.7 Å². The van der Waals surface area contributed by atoms with Gasteiger partial charge in [0.1, 0.15) is 0 Å². The average Bonchev–Trinajstić information content (AvgIpc) is 2.39. The first-order valence-electron chi connectivity index (χ1n) is 6.83. The SMILES string of the molecule is CNC1CCOCC1CN1CCCC(OC)C1. The molecule has 3 unspecified atom stereocenters. The molecule has 2 aliphatic heterocycles. The van der Waals surface area contributed by atoms with Gasteiger partial charge in [-0.3, -0.25) is 0 Å². The highest BCUT2D eigenvalue weighted by atomic mass is 16.5. The zero-order valence-electron chi connectivity index (χ0n) is 11.2. The van der Waals surface area contributed by atoms with E-state index in [2.05, 4.69) is 17.3 Å². The van der Waals surface area contributed by atoms with Crippen LogP contribution in [0.25, 0.3) is 0 Å². The summed E-state index contributed by atoms with van der Waals surface area (Å²) in [6.45, 7) is 5.25. The highest BCUT2D eigenvalue weighted by Gasteiger charge is 2.28. The van der Waals surface area contributed by atoms with E-state index in [0.29, 0.717) is 18.1 Å². The van der Waals surface area contributed by atoms with Gasteiger partial charge >= 0.3 is 0 Å². The first-order chi connectivity index (χ1) is 8.33. The molecule has 0 aliphatic carbocycles. The van der Waals surface area contributed by atoms with Crippen LogP contribution in [-0.2, 0) is 9.47 Å². The second-order valence-corrected chi connectivity index (χ2v) is 5.28. The smallest absolute Gasteiger partial charge is 0.0698 e. The van der Waals surface area contributed by atoms with Crippen LogP contribution in [-0.4, -0.2) is 64.1 Å². The molecule has 0 saturated carbocycles. The van der Waals surface area contributed by atoms with Crippen LogP contribution in [0, 0.1) is 5.92 Å². The minimum absolute atomic E-state index is 0.432. The number of ether oxygens (including phenoxy) is 2. The molecule has 0 radical (unpaired) electrons. The Hall–Kier alpha value is -0.160. The summed E-state index contributed by atoms with van der Waals surface area (Å²) in [6, 6.07) is 0.617. The second kappa shape index (κ2) is 6.69. The van der Waals surface area contributed by atoms with Crippen molar-refractivity contribution in [1.82, 2.24) is 10.2 Å². The summed E-state index contributed by atoms with van der Waals surface area (Å²) in [5.74, 6) is 0.629. The molecule has 100 valence electrons. The molecule has 2 rings (SSSR count). The molecule has 0 aromatic heterocycles. The Labute approximate surface area is 105 Å². The fraction of sp³-hybridized carbons (Fsp3) is 1.00. The monoisotopic (exact) mass is 242 g/mol. The maximum Gasteiger partial charge on any atom is 0.0698 e. The topological polar surface area (TPSA) is 33.7 Å². The van der Waals surface area contributed by atoms with E-state index in [9.17, 15) is 0 Å². The Morgan fingerprint density at radius 1 is 1.41 bits per heavy atom. The van der Waals surface area contributed by atoms with Crippen molar-refractivity contribution in [2.75, 3.05) is 47.0 Å². The number of nitrogens with zero attached hydrogens (tertiary/aromatic N) is 1. The lowest BCUT2D eigenvalue weighted by Gasteiger charge is -2.38. The van der Waals surface area contributed by atoms with E-state index in [-0.39, 0.29) is 0 Å². The lowest BCUT2D eigenvalue weighted by Crippen LogP contribution is -2.49. The van der Waals surface area contributed by atoms with E-state index in [1.54, 1.807) is 0 Å². The van der Waals surface area contributed by atoms with Crippen molar-refractivity contribution in [2.45, 2.75) is 31.4 Å². The third-order valence-electron chi connectivity index (χ3n) is 4.13. The van der Waals surface area contributed by atoms with Crippen LogP contribution >= 0.6 is 0 Å². The third kappa shape index (κ3) is 3.65. The van der Waals surface area contributed by atoms with Crippen molar-refractivity contribution < 1.29 is 9.47 Å². The highest BCUT2D eigenvalue weighted by molar-refractivity contribution is 4.83. The van der Waals surface area contributed by atoms with Gasteiger partial charge in [-0.05, 0) is 32.9 Å². The summed E-state index contributed by atoms with van der Waals surface area (Å²) < 4.78 is 11.1. The van der Waals surface area contributed by atoms with Crippen molar-refractivity contribution in [3.63, 3.8) is 0 Å². The van der Waals surface area contributed by atoms with Crippen molar-refractivity contribution >= 4 is 0 Å². The van der Waals surface area contributed by atoms with E-state index in [1.807, 2.05) is 7.11 Å². The molecule has 2 aliphatic rings. The van der Waals surface area contributed by atoms with Crippen molar-refractivity contribution in [2.24, 2.45) is 5.92 Å². The predicted octanol–water partition coefficient (Wildman–Crippen LogP) is 0.722. The maximum absolute atomic E-state index is 5.61. The molecule has 2 fully saturated rings. The van der Waals surface area contributed by atoms with Gasteiger partial charge in [0.25, 0.3) is 0 Å². The summed E-state index contributed by atoms with van der Waals surface area (Å²) >= 11 is 0. The zero-order chi connectivity index (χ0) is 12.1. The molecule has 17 heavy (non-hydrogen) atoms. The number of piperidine rings is 1. The van der Waals surface area contributed by atoms with Crippen molar-refractivity contribution in [1.29, 1.82) is 0 Å². The largest absolute Gasteiger partial charge is 0.381 e. The van der Waals surface area contributed by atoms with Gasteiger partial charge in [-0.2, -0.15) is 0 Å². The molecule has 3 atom stereocenters. The molecule has 0 amide bonds. The van der Waals surface area contributed by atoms with Crippen LogP contribution in [0.15, 0.2) is 0 Å². The summed E-state index contributed by atoms with van der Waals surface area (Å²) in [5, 5.41) is 3.43. The van der Waals surface area contributed by atoms with Gasteiger partial charge < -0.3 is 19.7 Å². The molecule has 0 bridgehead atoms. The standard InChI is InChI=1S/C13H26N2O2/c1-14-13-5-7-17-10-11(13)8-15-6-3-4-12(9-15)16-2/h11-14H,3-10H2,1-2H3. The molecule has 0 spiro atoms. The number of nitrogens with one attached hydrogen (secondary N) is 1. The Morgan fingerprint density at radius 3 is 3.06 bits per heavy atom. The normalized spacial score (nSPS) is 36.0. The fourth-order valence-electron chi connectivity index (χ4n) is 3.06. The van der Waals surface area contributed by atoms with Gasteiger partial charge in [-0.25, -0.2) is 0 Å². The quantitative estimate of drug-likeness (QED) is 0.788. The molecule has 4 heteroatoms. The minimum atomic E-state index is 0.432. The van der Waals surface area contributed by atoms with Gasteiger partial charge in [-0.15, -0.1) is 0 Å². The minimum Gasteiger partial charge on any atom is -0.381 e. The van der Waals surface area contributed by atoms with E-state index >= 15 is 0 Å². The van der Waals surface area contributed by atoms with Gasteiger partial charge in [0, 0.05) is 38.8 Å². The predicted molar refractivity (Wildman–Crippen MR) is 68.2 cm³/mol. The van der Waals surface area contributed by atoms with Gasteiger partial charge in [-0.1, -0.05) is 0 Å². The molecule has 1 N–H and O–H groups in total. The molecular weight excluding hydrogens is 216 g/mol. The molecule has 0 aromatic carbocycles. The number of hydrogen-bond donors (Lipinski definition) is 1. The summed E-state index contributed by atoms with van der Waals surface area (Å²) in [5.41, 5.74) is 0. The van der Waals surface area contributed by atoms with E-state index in [1.165, 1.54) is 19.4 Å². The molecule has 2 heterocycles. The molecule has 2 saturated heterocycles. The second-order valence-electron chi connectivity index (χ2n) is 5.28. The Kier molecular flexibility index (Phi) is 5.22. The summed E-state index contributed by atoms with van der Waals surface area (Å²) in [4.78, 5) is 2.54. The lowest BCUT2D eigenvalue weighted by atomic mass is 9.94. The van der Waals surface area contributed by atoms with Crippen LogP contribution in [0.2, 0.25) is 0 Å². The fourth-order valence-corrected chi connectivity index (χ4v) is 3.06. The summed E-state index contributed by atoms with van der Waals surface area (Å²) in [6.07, 6.45) is 4.05. The van der Waals surface area contributed by atoms with Gasteiger partial charge in [0.2, 0.25) is 0 Å². The molecule has 0 aromatic rings. The van der Waals surface area contributed by atoms with Crippen LogP contribution in [0.1, 0.15) is 19.3 Å². The molecule has 4 nitrogen and oxygen atoms in total. The van der Waals surface area contributed by atoms with E-state index in [0.717, 1.165) is 32.7 Å². The first kappa shape index (κ1) is 13.3. The lowest BCUT2D eigenvalue weighted by molar-refractivity contribution is -0.00855. The van der Waals surface area contributed by atoms with Crippen molar-refractivity contribution in [3.8, 4) is 0 Å². The zero-order valence-corrected chi connectivity index (χ0v) is 11.2.